The number of carbonyl (C=O) groups excluding carboxylic acids is 1. The Morgan fingerprint density at radius 1 is 1.21 bits per heavy atom. The SMILES string of the molecule is CCN(CC)c1ccc(NC(=O)CN2CCc3sccc3C2)cc1. The number of hydrogen-bond donors (Lipinski definition) is 1. The number of fused-ring (bicyclic) bond motifs is 1. The third kappa shape index (κ3) is 3.97. The number of rotatable bonds is 6. The zero-order chi connectivity index (χ0) is 16.9. The molecular formula is C19H25N3OS. The van der Waals surface area contributed by atoms with E-state index in [1.807, 2.05) is 23.5 Å². The molecule has 3 rings (SSSR count). The first-order valence-electron chi connectivity index (χ1n) is 8.62. The van der Waals surface area contributed by atoms with Gasteiger partial charge in [-0.3, -0.25) is 9.69 Å². The Hall–Kier alpha value is -1.85. The number of thiophene rings is 1. The average Bonchev–Trinajstić information content (AvgIpc) is 3.05. The summed E-state index contributed by atoms with van der Waals surface area (Å²) in [4.78, 5) is 18.3. The van der Waals surface area contributed by atoms with E-state index in [9.17, 15) is 4.79 Å². The molecule has 1 aromatic heterocycles. The molecule has 128 valence electrons. The Labute approximate surface area is 148 Å². The van der Waals surface area contributed by atoms with Crippen LogP contribution in [0.2, 0.25) is 0 Å². The van der Waals surface area contributed by atoms with Crippen LogP contribution in [0.1, 0.15) is 24.3 Å². The van der Waals surface area contributed by atoms with Crippen LogP contribution in [-0.2, 0) is 17.8 Å². The van der Waals surface area contributed by atoms with Gasteiger partial charge >= 0.3 is 0 Å². The lowest BCUT2D eigenvalue weighted by Crippen LogP contribution is -2.36. The predicted octanol–water partition coefficient (Wildman–Crippen LogP) is 3.59. The van der Waals surface area contributed by atoms with Crippen molar-refractivity contribution in [1.82, 2.24) is 4.90 Å². The van der Waals surface area contributed by atoms with Gasteiger partial charge in [-0.15, -0.1) is 11.3 Å². The Balaban J connectivity index is 1.54. The van der Waals surface area contributed by atoms with Crippen molar-refractivity contribution in [1.29, 1.82) is 0 Å². The highest BCUT2D eigenvalue weighted by Gasteiger charge is 2.19. The Morgan fingerprint density at radius 2 is 1.96 bits per heavy atom. The molecule has 0 bridgehead atoms. The molecule has 0 unspecified atom stereocenters. The molecule has 0 aliphatic carbocycles. The molecule has 0 saturated carbocycles. The van der Waals surface area contributed by atoms with Gasteiger partial charge in [0.25, 0.3) is 0 Å². The third-order valence-corrected chi connectivity index (χ3v) is 5.56. The number of benzene rings is 1. The summed E-state index contributed by atoms with van der Waals surface area (Å²) >= 11 is 1.82. The highest BCUT2D eigenvalue weighted by Crippen LogP contribution is 2.24. The van der Waals surface area contributed by atoms with E-state index in [1.54, 1.807) is 0 Å². The van der Waals surface area contributed by atoms with E-state index in [0.717, 1.165) is 38.3 Å². The molecule has 0 atom stereocenters. The summed E-state index contributed by atoms with van der Waals surface area (Å²) in [5.74, 6) is 0.0595. The van der Waals surface area contributed by atoms with Gasteiger partial charge < -0.3 is 10.2 Å². The second kappa shape index (κ2) is 7.81. The molecule has 2 aromatic rings. The summed E-state index contributed by atoms with van der Waals surface area (Å²) in [5, 5.41) is 5.16. The van der Waals surface area contributed by atoms with Gasteiger partial charge in [-0.2, -0.15) is 0 Å². The monoisotopic (exact) mass is 343 g/mol. The molecule has 0 fully saturated rings. The molecule has 1 aliphatic heterocycles. The molecule has 2 heterocycles. The van der Waals surface area contributed by atoms with Crippen LogP contribution < -0.4 is 10.2 Å². The second-order valence-corrected chi connectivity index (χ2v) is 7.10. The van der Waals surface area contributed by atoms with Crippen LogP contribution in [0.4, 0.5) is 11.4 Å². The highest BCUT2D eigenvalue weighted by atomic mass is 32.1. The minimum Gasteiger partial charge on any atom is -0.372 e. The Morgan fingerprint density at radius 3 is 2.67 bits per heavy atom. The molecule has 1 aromatic carbocycles. The zero-order valence-corrected chi connectivity index (χ0v) is 15.2. The molecule has 1 amide bonds. The number of amides is 1. The van der Waals surface area contributed by atoms with Crippen molar-refractivity contribution in [2.24, 2.45) is 0 Å². The van der Waals surface area contributed by atoms with Gasteiger partial charge in [-0.25, -0.2) is 0 Å². The Bertz CT molecular complexity index is 676. The lowest BCUT2D eigenvalue weighted by molar-refractivity contribution is -0.117. The molecule has 24 heavy (non-hydrogen) atoms. The average molecular weight is 343 g/mol. The summed E-state index contributed by atoms with van der Waals surface area (Å²) in [6.07, 6.45) is 1.05. The van der Waals surface area contributed by atoms with Crippen LogP contribution in [0, 0.1) is 0 Å². The summed E-state index contributed by atoms with van der Waals surface area (Å²) in [7, 11) is 0. The first-order chi connectivity index (χ1) is 11.7. The summed E-state index contributed by atoms with van der Waals surface area (Å²) in [6.45, 7) is 8.57. The van der Waals surface area contributed by atoms with Gasteiger partial charge in [0.15, 0.2) is 0 Å². The van der Waals surface area contributed by atoms with E-state index in [-0.39, 0.29) is 5.91 Å². The molecule has 1 aliphatic rings. The van der Waals surface area contributed by atoms with Crippen LogP contribution >= 0.6 is 11.3 Å². The lowest BCUT2D eigenvalue weighted by atomic mass is 10.1. The van der Waals surface area contributed by atoms with Crippen molar-refractivity contribution in [2.45, 2.75) is 26.8 Å². The molecule has 5 heteroatoms. The summed E-state index contributed by atoms with van der Waals surface area (Å²) < 4.78 is 0. The van der Waals surface area contributed by atoms with Crippen molar-refractivity contribution in [3.8, 4) is 0 Å². The first-order valence-corrected chi connectivity index (χ1v) is 9.50. The van der Waals surface area contributed by atoms with Crippen LogP contribution in [0.3, 0.4) is 0 Å². The van der Waals surface area contributed by atoms with Crippen molar-refractivity contribution in [3.63, 3.8) is 0 Å². The maximum absolute atomic E-state index is 12.3. The summed E-state index contributed by atoms with van der Waals surface area (Å²) in [6, 6.07) is 10.3. The standard InChI is InChI=1S/C19H25N3OS/c1-3-22(4-2)17-7-5-16(6-8-17)20-19(23)14-21-11-9-18-15(13-21)10-12-24-18/h5-8,10,12H,3-4,9,11,13-14H2,1-2H3,(H,20,23). The molecule has 4 nitrogen and oxygen atoms in total. The van der Waals surface area contributed by atoms with Gasteiger partial charge in [-0.1, -0.05) is 0 Å². The second-order valence-electron chi connectivity index (χ2n) is 6.10. The van der Waals surface area contributed by atoms with Crippen LogP contribution in [0.25, 0.3) is 0 Å². The van der Waals surface area contributed by atoms with Gasteiger partial charge in [0.2, 0.25) is 5.91 Å². The van der Waals surface area contributed by atoms with E-state index in [2.05, 4.69) is 52.5 Å². The number of nitrogens with one attached hydrogen (secondary N) is 1. The van der Waals surface area contributed by atoms with Crippen LogP contribution in [0.15, 0.2) is 35.7 Å². The number of nitrogens with zero attached hydrogens (tertiary/aromatic N) is 2. The number of carbonyl (C=O) groups is 1. The minimum atomic E-state index is 0.0595. The molecular weight excluding hydrogens is 318 g/mol. The van der Waals surface area contributed by atoms with Crippen molar-refractivity contribution in [3.05, 3.63) is 46.2 Å². The maximum Gasteiger partial charge on any atom is 0.238 e. The maximum atomic E-state index is 12.3. The largest absolute Gasteiger partial charge is 0.372 e. The fraction of sp³-hybridized carbons (Fsp3) is 0.421. The summed E-state index contributed by atoms with van der Waals surface area (Å²) in [5.41, 5.74) is 3.44. The topological polar surface area (TPSA) is 35.6 Å². The number of anilines is 2. The molecule has 0 radical (unpaired) electrons. The lowest BCUT2D eigenvalue weighted by Gasteiger charge is -2.26. The number of hydrogen-bond acceptors (Lipinski definition) is 4. The highest BCUT2D eigenvalue weighted by molar-refractivity contribution is 7.10. The van der Waals surface area contributed by atoms with E-state index in [0.29, 0.717) is 6.54 Å². The van der Waals surface area contributed by atoms with Gasteiger partial charge in [0.05, 0.1) is 6.54 Å². The molecule has 1 N–H and O–H groups in total. The van der Waals surface area contributed by atoms with Gasteiger partial charge in [-0.05, 0) is 61.5 Å². The van der Waals surface area contributed by atoms with Gasteiger partial charge in [0, 0.05) is 42.4 Å². The van der Waals surface area contributed by atoms with E-state index in [1.165, 1.54) is 16.1 Å². The Kier molecular flexibility index (Phi) is 5.53. The van der Waals surface area contributed by atoms with E-state index in [4.69, 9.17) is 0 Å². The predicted molar refractivity (Wildman–Crippen MR) is 102 cm³/mol. The minimum absolute atomic E-state index is 0.0595. The zero-order valence-electron chi connectivity index (χ0n) is 14.4. The third-order valence-electron chi connectivity index (χ3n) is 4.53. The normalized spacial score (nSPS) is 14.2. The quantitative estimate of drug-likeness (QED) is 0.871. The van der Waals surface area contributed by atoms with Crippen LogP contribution in [0.5, 0.6) is 0 Å². The van der Waals surface area contributed by atoms with Crippen molar-refractivity contribution >= 4 is 28.6 Å². The van der Waals surface area contributed by atoms with Crippen molar-refractivity contribution in [2.75, 3.05) is 36.4 Å². The van der Waals surface area contributed by atoms with E-state index >= 15 is 0 Å². The van der Waals surface area contributed by atoms with Crippen LogP contribution in [-0.4, -0.2) is 37.0 Å². The first kappa shape index (κ1) is 17.0. The molecule has 0 saturated heterocycles. The fourth-order valence-corrected chi connectivity index (χ4v) is 4.08. The smallest absolute Gasteiger partial charge is 0.238 e. The van der Waals surface area contributed by atoms with Gasteiger partial charge in [0.1, 0.15) is 0 Å². The van der Waals surface area contributed by atoms with E-state index < -0.39 is 0 Å². The molecule has 0 spiro atoms. The fourth-order valence-electron chi connectivity index (χ4n) is 3.19. The van der Waals surface area contributed by atoms with Crippen molar-refractivity contribution < 1.29 is 4.79 Å².